The molecule has 1 saturated heterocycles. The third-order valence-corrected chi connectivity index (χ3v) is 5.93. The molecule has 29 heavy (non-hydrogen) atoms. The van der Waals surface area contributed by atoms with Crippen LogP contribution < -0.4 is 11.1 Å². The summed E-state index contributed by atoms with van der Waals surface area (Å²) < 4.78 is 0. The third kappa shape index (κ3) is 5.28. The predicted molar refractivity (Wildman–Crippen MR) is 112 cm³/mol. The summed E-state index contributed by atoms with van der Waals surface area (Å²) in [7, 11) is 0. The molecule has 0 radical (unpaired) electrons. The molecule has 1 aromatic rings. The zero-order chi connectivity index (χ0) is 21.2. The molecule has 1 aromatic carbocycles. The molecule has 0 spiro atoms. The molecule has 1 unspecified atom stereocenters. The number of nitrogens with one attached hydrogen (secondary N) is 1. The number of carbonyl (C=O) groups is 2. The van der Waals surface area contributed by atoms with E-state index in [0.29, 0.717) is 19.0 Å². The first-order valence-electron chi connectivity index (χ1n) is 10.5. The molecule has 0 bridgehead atoms. The van der Waals surface area contributed by atoms with Crippen molar-refractivity contribution < 1.29 is 14.7 Å². The van der Waals surface area contributed by atoms with Gasteiger partial charge in [0.1, 0.15) is 6.04 Å². The summed E-state index contributed by atoms with van der Waals surface area (Å²) in [4.78, 5) is 28.1. The zero-order valence-electron chi connectivity index (χ0n) is 17.7. The van der Waals surface area contributed by atoms with Crippen LogP contribution in [0.25, 0.3) is 0 Å². The Kier molecular flexibility index (Phi) is 6.49. The van der Waals surface area contributed by atoms with Gasteiger partial charge in [-0.3, -0.25) is 9.69 Å². The van der Waals surface area contributed by atoms with Crippen LogP contribution >= 0.6 is 0 Å². The van der Waals surface area contributed by atoms with E-state index in [-0.39, 0.29) is 30.1 Å². The van der Waals surface area contributed by atoms with E-state index >= 15 is 0 Å². The lowest BCUT2D eigenvalue weighted by Crippen LogP contribution is -2.57. The highest BCUT2D eigenvalue weighted by atomic mass is 16.4. The van der Waals surface area contributed by atoms with Crippen LogP contribution in [0.1, 0.15) is 52.0 Å². The first-order chi connectivity index (χ1) is 13.7. The number of carboxylic acid groups (broad SMARTS) is 1. The summed E-state index contributed by atoms with van der Waals surface area (Å²) in [5, 5.41) is 13.3. The van der Waals surface area contributed by atoms with Crippen molar-refractivity contribution >= 4 is 12.0 Å². The number of nitrogens with two attached hydrogens (primary N) is 1. The standard InChI is InChI=1S/C22H34N4O3/c1-22(2,3)24-16-9-10-18(17(23)13-16)25-12-11-19(20(25)27)26(21(28)29)14-15-7-5-4-6-8-15/h4-8,16-19,24H,9-14,23H2,1-3H3,(H,28,29)/t16-,17+,18?,19+/m1/s1. The van der Waals surface area contributed by atoms with E-state index in [9.17, 15) is 14.7 Å². The predicted octanol–water partition coefficient (Wildman–Crippen LogP) is 2.40. The van der Waals surface area contributed by atoms with Crippen molar-refractivity contribution in [3.05, 3.63) is 35.9 Å². The van der Waals surface area contributed by atoms with Crippen LogP contribution in [0, 0.1) is 0 Å². The van der Waals surface area contributed by atoms with E-state index in [1.54, 1.807) is 0 Å². The second kappa shape index (κ2) is 8.71. The molecule has 2 fully saturated rings. The molecule has 7 heteroatoms. The van der Waals surface area contributed by atoms with Crippen LogP contribution in [0.15, 0.2) is 30.3 Å². The van der Waals surface area contributed by atoms with Gasteiger partial charge >= 0.3 is 6.09 Å². The first-order valence-corrected chi connectivity index (χ1v) is 10.5. The fourth-order valence-corrected chi connectivity index (χ4v) is 4.72. The highest BCUT2D eigenvalue weighted by molar-refractivity contribution is 5.87. The smallest absolute Gasteiger partial charge is 0.408 e. The van der Waals surface area contributed by atoms with E-state index in [2.05, 4.69) is 26.1 Å². The summed E-state index contributed by atoms with van der Waals surface area (Å²) in [6.07, 6.45) is 2.10. The Labute approximate surface area is 173 Å². The summed E-state index contributed by atoms with van der Waals surface area (Å²) >= 11 is 0. The second-order valence-electron chi connectivity index (χ2n) is 9.37. The molecule has 4 atom stereocenters. The van der Waals surface area contributed by atoms with Crippen LogP contribution in [-0.2, 0) is 11.3 Å². The van der Waals surface area contributed by atoms with Gasteiger partial charge < -0.3 is 21.1 Å². The van der Waals surface area contributed by atoms with Gasteiger partial charge in [-0.05, 0) is 52.0 Å². The summed E-state index contributed by atoms with van der Waals surface area (Å²) in [5.74, 6) is -0.106. The van der Waals surface area contributed by atoms with Crippen LogP contribution in [0.2, 0.25) is 0 Å². The highest BCUT2D eigenvalue weighted by Gasteiger charge is 2.44. The number of rotatable bonds is 5. The Hall–Kier alpha value is -2.12. The van der Waals surface area contributed by atoms with Gasteiger partial charge in [-0.2, -0.15) is 0 Å². The molecule has 1 aliphatic carbocycles. The molecule has 1 saturated carbocycles. The van der Waals surface area contributed by atoms with E-state index in [0.717, 1.165) is 24.8 Å². The van der Waals surface area contributed by atoms with Crippen molar-refractivity contribution in [3.8, 4) is 0 Å². The minimum atomic E-state index is -1.06. The molecule has 0 aromatic heterocycles. The molecule has 2 aliphatic rings. The van der Waals surface area contributed by atoms with Crippen LogP contribution in [0.4, 0.5) is 4.79 Å². The Morgan fingerprint density at radius 3 is 2.52 bits per heavy atom. The average Bonchev–Trinajstić information content (AvgIpc) is 3.00. The van der Waals surface area contributed by atoms with Gasteiger partial charge in [0, 0.05) is 36.8 Å². The molecule has 160 valence electrons. The lowest BCUT2D eigenvalue weighted by atomic mass is 9.85. The van der Waals surface area contributed by atoms with Gasteiger partial charge in [0.05, 0.1) is 0 Å². The van der Waals surface area contributed by atoms with Gasteiger partial charge in [-0.15, -0.1) is 0 Å². The van der Waals surface area contributed by atoms with Gasteiger partial charge in [0.15, 0.2) is 0 Å². The minimum Gasteiger partial charge on any atom is -0.465 e. The number of amides is 2. The Morgan fingerprint density at radius 2 is 1.93 bits per heavy atom. The minimum absolute atomic E-state index is 0.0158. The van der Waals surface area contributed by atoms with Crippen molar-refractivity contribution in [2.24, 2.45) is 5.73 Å². The maximum absolute atomic E-state index is 13.1. The van der Waals surface area contributed by atoms with Crippen molar-refractivity contribution in [1.82, 2.24) is 15.1 Å². The van der Waals surface area contributed by atoms with Gasteiger partial charge in [0.25, 0.3) is 0 Å². The molecule has 1 heterocycles. The number of nitrogens with zero attached hydrogens (tertiary/aromatic N) is 2. The summed E-state index contributed by atoms with van der Waals surface area (Å²) in [6, 6.07) is 9.01. The van der Waals surface area contributed by atoms with Crippen molar-refractivity contribution in [2.75, 3.05) is 6.54 Å². The first kappa shape index (κ1) is 21.6. The monoisotopic (exact) mass is 402 g/mol. The Morgan fingerprint density at radius 1 is 1.24 bits per heavy atom. The van der Waals surface area contributed by atoms with E-state index in [1.807, 2.05) is 35.2 Å². The van der Waals surface area contributed by atoms with Crippen LogP contribution in [-0.4, -0.2) is 63.2 Å². The van der Waals surface area contributed by atoms with Gasteiger partial charge in [-0.25, -0.2) is 4.79 Å². The van der Waals surface area contributed by atoms with Gasteiger partial charge in [0.2, 0.25) is 5.91 Å². The average molecular weight is 403 g/mol. The number of carbonyl (C=O) groups excluding carboxylic acids is 1. The molecule has 7 nitrogen and oxygen atoms in total. The van der Waals surface area contributed by atoms with E-state index in [4.69, 9.17) is 5.73 Å². The molecular weight excluding hydrogens is 368 g/mol. The van der Waals surface area contributed by atoms with Crippen molar-refractivity contribution in [2.45, 2.75) is 82.7 Å². The highest BCUT2D eigenvalue weighted by Crippen LogP contribution is 2.29. The fourth-order valence-electron chi connectivity index (χ4n) is 4.72. The molecular formula is C22H34N4O3. The largest absolute Gasteiger partial charge is 0.465 e. The summed E-state index contributed by atoms with van der Waals surface area (Å²) in [6.45, 7) is 7.22. The maximum Gasteiger partial charge on any atom is 0.408 e. The molecule has 4 N–H and O–H groups in total. The van der Waals surface area contributed by atoms with Crippen molar-refractivity contribution in [3.63, 3.8) is 0 Å². The quantitative estimate of drug-likeness (QED) is 0.702. The van der Waals surface area contributed by atoms with E-state index < -0.39 is 12.1 Å². The maximum atomic E-state index is 13.1. The number of likely N-dealkylation sites (tertiary alicyclic amines) is 1. The summed E-state index contributed by atoms with van der Waals surface area (Å²) in [5.41, 5.74) is 7.39. The number of hydrogen-bond donors (Lipinski definition) is 3. The normalized spacial score (nSPS) is 27.9. The Bertz CT molecular complexity index is 719. The third-order valence-electron chi connectivity index (χ3n) is 5.93. The number of hydrogen-bond acceptors (Lipinski definition) is 4. The lowest BCUT2D eigenvalue weighted by molar-refractivity contribution is -0.134. The van der Waals surface area contributed by atoms with Crippen LogP contribution in [0.5, 0.6) is 0 Å². The zero-order valence-corrected chi connectivity index (χ0v) is 17.7. The van der Waals surface area contributed by atoms with E-state index in [1.165, 1.54) is 4.90 Å². The second-order valence-corrected chi connectivity index (χ2v) is 9.37. The topological polar surface area (TPSA) is 98.9 Å². The van der Waals surface area contributed by atoms with Crippen LogP contribution in [0.3, 0.4) is 0 Å². The van der Waals surface area contributed by atoms with Gasteiger partial charge in [-0.1, -0.05) is 30.3 Å². The Balaban J connectivity index is 1.65. The SMILES string of the molecule is CC(C)(C)N[C@@H]1CCC(N2CC[C@H](N(Cc3ccccc3)C(=O)O)C2=O)[C@@H](N)C1. The number of benzene rings is 1. The fraction of sp³-hybridized carbons (Fsp3) is 0.636. The molecule has 1 aliphatic heterocycles. The lowest BCUT2D eigenvalue weighted by Gasteiger charge is -2.41. The molecule has 3 rings (SSSR count). The van der Waals surface area contributed by atoms with Crippen molar-refractivity contribution in [1.29, 1.82) is 0 Å². The molecule has 2 amide bonds.